The molecule has 144 valence electrons. The predicted molar refractivity (Wildman–Crippen MR) is 121 cm³/mol. The van der Waals surface area contributed by atoms with E-state index in [2.05, 4.69) is 58.6 Å². The highest BCUT2D eigenvalue weighted by Crippen LogP contribution is 2.19. The first-order valence-electron chi connectivity index (χ1n) is 10.2. The second-order valence-corrected chi connectivity index (χ2v) is 6.49. The highest BCUT2D eigenvalue weighted by atomic mass is 14.9. The van der Waals surface area contributed by atoms with E-state index in [1.807, 2.05) is 42.5 Å². The quantitative estimate of drug-likeness (QED) is 0.526. The lowest BCUT2D eigenvalue weighted by atomic mass is 10.1. The van der Waals surface area contributed by atoms with E-state index < -0.39 is 0 Å². The number of aryl methyl sites for hydroxylation is 1. The summed E-state index contributed by atoms with van der Waals surface area (Å²) >= 11 is 0. The SMILES string of the molecule is C=C(Nc1ccccc1)c1ccccc1C.CCCCC.CCCCC. The van der Waals surface area contributed by atoms with Crippen LogP contribution >= 0.6 is 0 Å². The zero-order valence-corrected chi connectivity index (χ0v) is 17.6. The molecule has 1 N–H and O–H groups in total. The zero-order chi connectivity index (χ0) is 19.6. The monoisotopic (exact) mass is 353 g/mol. The van der Waals surface area contributed by atoms with E-state index in [1.165, 1.54) is 44.1 Å². The van der Waals surface area contributed by atoms with E-state index in [-0.39, 0.29) is 0 Å². The van der Waals surface area contributed by atoms with Gasteiger partial charge in [0.05, 0.1) is 0 Å². The Balaban J connectivity index is 0.000000520. The third kappa shape index (κ3) is 11.5. The van der Waals surface area contributed by atoms with Crippen molar-refractivity contribution < 1.29 is 0 Å². The molecule has 0 heterocycles. The molecule has 0 saturated carbocycles. The Kier molecular flexibility index (Phi) is 15.2. The fourth-order valence-corrected chi connectivity index (χ4v) is 2.38. The Morgan fingerprint density at radius 1 is 0.731 bits per heavy atom. The van der Waals surface area contributed by atoms with Crippen LogP contribution < -0.4 is 5.32 Å². The lowest BCUT2D eigenvalue weighted by Gasteiger charge is -2.11. The van der Waals surface area contributed by atoms with Crippen molar-refractivity contribution in [1.82, 2.24) is 0 Å². The second kappa shape index (κ2) is 16.4. The maximum atomic E-state index is 4.07. The third-order valence-corrected chi connectivity index (χ3v) is 3.95. The van der Waals surface area contributed by atoms with Crippen LogP contribution in [-0.4, -0.2) is 0 Å². The maximum Gasteiger partial charge on any atom is 0.0387 e. The Labute approximate surface area is 162 Å². The summed E-state index contributed by atoms with van der Waals surface area (Å²) in [5, 5.41) is 3.30. The van der Waals surface area contributed by atoms with Crippen molar-refractivity contribution in [2.75, 3.05) is 5.32 Å². The minimum absolute atomic E-state index is 0.935. The molecule has 2 rings (SSSR count). The average molecular weight is 354 g/mol. The van der Waals surface area contributed by atoms with Gasteiger partial charge >= 0.3 is 0 Å². The summed E-state index contributed by atoms with van der Waals surface area (Å²) in [6.45, 7) is 15.0. The molecule has 26 heavy (non-hydrogen) atoms. The highest BCUT2D eigenvalue weighted by Gasteiger charge is 2.01. The van der Waals surface area contributed by atoms with E-state index in [9.17, 15) is 0 Å². The van der Waals surface area contributed by atoms with Crippen LogP contribution in [0, 0.1) is 6.92 Å². The summed E-state index contributed by atoms with van der Waals surface area (Å²) in [6, 6.07) is 18.3. The molecule has 2 aromatic rings. The van der Waals surface area contributed by atoms with Gasteiger partial charge in [-0.1, -0.05) is 115 Å². The standard InChI is InChI=1S/C15H15N.2C5H12/c1-12-8-6-7-11-15(12)13(2)16-14-9-4-3-5-10-14;2*1-3-5-4-2/h3-11,16H,2H2,1H3;2*3-5H2,1-2H3. The van der Waals surface area contributed by atoms with Crippen LogP contribution in [0.2, 0.25) is 0 Å². The van der Waals surface area contributed by atoms with Crippen molar-refractivity contribution >= 4 is 11.4 Å². The number of hydrogen-bond acceptors (Lipinski definition) is 1. The highest BCUT2D eigenvalue weighted by molar-refractivity contribution is 5.76. The normalized spacial score (nSPS) is 9.27. The predicted octanol–water partition coefficient (Wildman–Crippen LogP) is 8.47. The van der Waals surface area contributed by atoms with Crippen molar-refractivity contribution in [3.05, 3.63) is 72.3 Å². The fourth-order valence-electron chi connectivity index (χ4n) is 2.38. The number of anilines is 1. The molecule has 0 amide bonds. The van der Waals surface area contributed by atoms with Gasteiger partial charge in [0.25, 0.3) is 0 Å². The van der Waals surface area contributed by atoms with Crippen molar-refractivity contribution in [1.29, 1.82) is 0 Å². The molecule has 2 aromatic carbocycles. The van der Waals surface area contributed by atoms with Gasteiger partial charge in [0.15, 0.2) is 0 Å². The molecule has 0 fully saturated rings. The molecule has 0 radical (unpaired) electrons. The fraction of sp³-hybridized carbons (Fsp3) is 0.440. The van der Waals surface area contributed by atoms with Crippen molar-refractivity contribution in [2.45, 2.75) is 73.1 Å². The lowest BCUT2D eigenvalue weighted by molar-refractivity contribution is 0.772. The van der Waals surface area contributed by atoms with Crippen LogP contribution in [0.15, 0.2) is 61.2 Å². The Morgan fingerprint density at radius 3 is 1.62 bits per heavy atom. The van der Waals surface area contributed by atoms with Gasteiger partial charge in [0, 0.05) is 16.9 Å². The maximum absolute atomic E-state index is 4.07. The molecule has 0 spiro atoms. The van der Waals surface area contributed by atoms with Crippen LogP contribution in [0.4, 0.5) is 5.69 Å². The Hall–Kier alpha value is -2.02. The number of rotatable bonds is 7. The van der Waals surface area contributed by atoms with E-state index in [4.69, 9.17) is 0 Å². The lowest BCUT2D eigenvalue weighted by Crippen LogP contribution is -1.98. The zero-order valence-electron chi connectivity index (χ0n) is 17.6. The Bertz CT molecular complexity index is 562. The van der Waals surface area contributed by atoms with E-state index in [0.29, 0.717) is 0 Å². The van der Waals surface area contributed by atoms with Gasteiger partial charge in [0.1, 0.15) is 0 Å². The second-order valence-electron chi connectivity index (χ2n) is 6.49. The van der Waals surface area contributed by atoms with E-state index in [1.54, 1.807) is 0 Å². The molecule has 0 bridgehead atoms. The number of benzene rings is 2. The topological polar surface area (TPSA) is 12.0 Å². The summed E-state index contributed by atoms with van der Waals surface area (Å²) in [6.07, 6.45) is 8.15. The van der Waals surface area contributed by atoms with Crippen molar-refractivity contribution in [3.63, 3.8) is 0 Å². The first-order valence-corrected chi connectivity index (χ1v) is 10.2. The van der Waals surface area contributed by atoms with Gasteiger partial charge in [-0.15, -0.1) is 0 Å². The molecule has 0 aromatic heterocycles. The van der Waals surface area contributed by atoms with Crippen molar-refractivity contribution in [3.8, 4) is 0 Å². The van der Waals surface area contributed by atoms with Gasteiger partial charge in [-0.25, -0.2) is 0 Å². The van der Waals surface area contributed by atoms with Gasteiger partial charge in [0.2, 0.25) is 0 Å². The van der Waals surface area contributed by atoms with Crippen LogP contribution in [0.1, 0.15) is 77.3 Å². The molecular weight excluding hydrogens is 314 g/mol. The van der Waals surface area contributed by atoms with Crippen LogP contribution in [-0.2, 0) is 0 Å². The molecule has 0 aliphatic heterocycles. The van der Waals surface area contributed by atoms with Gasteiger partial charge < -0.3 is 5.32 Å². The molecular formula is C25H39N. The minimum atomic E-state index is 0.935. The number of nitrogens with one attached hydrogen (secondary N) is 1. The van der Waals surface area contributed by atoms with Gasteiger partial charge in [-0.2, -0.15) is 0 Å². The first-order chi connectivity index (χ1) is 12.6. The first kappa shape index (κ1) is 24.0. The molecule has 0 atom stereocenters. The third-order valence-electron chi connectivity index (χ3n) is 3.95. The van der Waals surface area contributed by atoms with Crippen molar-refractivity contribution in [2.24, 2.45) is 0 Å². The molecule has 0 saturated heterocycles. The van der Waals surface area contributed by atoms with Crippen LogP contribution in [0.3, 0.4) is 0 Å². The average Bonchev–Trinajstić information content (AvgIpc) is 2.65. The molecule has 0 unspecified atom stereocenters. The molecule has 1 nitrogen and oxygen atoms in total. The number of para-hydroxylation sites is 1. The summed E-state index contributed by atoms with van der Waals surface area (Å²) < 4.78 is 0. The van der Waals surface area contributed by atoms with Crippen LogP contribution in [0.5, 0.6) is 0 Å². The Morgan fingerprint density at radius 2 is 1.19 bits per heavy atom. The van der Waals surface area contributed by atoms with Gasteiger partial charge in [-0.05, 0) is 24.6 Å². The summed E-state index contributed by atoms with van der Waals surface area (Å²) in [5.41, 5.74) is 4.39. The summed E-state index contributed by atoms with van der Waals surface area (Å²) in [5.74, 6) is 0. The largest absolute Gasteiger partial charge is 0.356 e. The summed E-state index contributed by atoms with van der Waals surface area (Å²) in [4.78, 5) is 0. The minimum Gasteiger partial charge on any atom is -0.356 e. The number of unbranched alkanes of at least 4 members (excludes halogenated alkanes) is 4. The van der Waals surface area contributed by atoms with E-state index >= 15 is 0 Å². The molecule has 0 aliphatic carbocycles. The van der Waals surface area contributed by atoms with E-state index in [0.717, 1.165) is 16.9 Å². The van der Waals surface area contributed by atoms with Gasteiger partial charge in [-0.3, -0.25) is 0 Å². The smallest absolute Gasteiger partial charge is 0.0387 e. The molecule has 1 heteroatoms. The van der Waals surface area contributed by atoms with Crippen LogP contribution in [0.25, 0.3) is 5.70 Å². The summed E-state index contributed by atoms with van der Waals surface area (Å²) in [7, 11) is 0. The molecule has 0 aliphatic rings. The number of hydrogen-bond donors (Lipinski definition) is 1.